The summed E-state index contributed by atoms with van der Waals surface area (Å²) in [6, 6.07) is 3.10. The Kier molecular flexibility index (Phi) is 4.02. The molecule has 0 spiro atoms. The number of carbonyl (C=O) groups is 2. The zero-order valence-electron chi connectivity index (χ0n) is 11.7. The van der Waals surface area contributed by atoms with Gasteiger partial charge in [-0.25, -0.2) is 8.42 Å². The number of carboxylic acids is 1. The van der Waals surface area contributed by atoms with E-state index in [1.807, 2.05) is 0 Å². The molecule has 1 aliphatic heterocycles. The van der Waals surface area contributed by atoms with Crippen LogP contribution in [0.4, 0.5) is 0 Å². The normalized spacial score (nSPS) is 16.2. The zero-order valence-corrected chi connectivity index (χ0v) is 12.5. The zero-order chi connectivity index (χ0) is 15.8. The van der Waals surface area contributed by atoms with Gasteiger partial charge in [0, 0.05) is 19.2 Å². The Labute approximate surface area is 122 Å². The first-order chi connectivity index (χ1) is 9.75. The highest BCUT2D eigenvalue weighted by Gasteiger charge is 2.30. The Hall–Kier alpha value is -1.93. The first-order valence-electron chi connectivity index (χ1n) is 6.37. The molecule has 21 heavy (non-hydrogen) atoms. The van der Waals surface area contributed by atoms with Gasteiger partial charge < -0.3 is 10.4 Å². The Balaban J connectivity index is 2.44. The van der Waals surface area contributed by atoms with Crippen molar-refractivity contribution >= 4 is 21.9 Å². The molecule has 2 rings (SSSR count). The highest BCUT2D eigenvalue weighted by molar-refractivity contribution is 7.89. The minimum absolute atomic E-state index is 0.0890. The maximum Gasteiger partial charge on any atom is 0.321 e. The van der Waals surface area contributed by atoms with Crippen molar-refractivity contribution in [3.63, 3.8) is 0 Å². The van der Waals surface area contributed by atoms with Crippen LogP contribution in [-0.4, -0.2) is 49.3 Å². The number of likely N-dealkylation sites (N-methyl/N-ethyl adjacent to an activating group) is 1. The Morgan fingerprint density at radius 1 is 1.43 bits per heavy atom. The fraction of sp³-hybridized carbons (Fsp3) is 0.385. The summed E-state index contributed by atoms with van der Waals surface area (Å²) in [4.78, 5) is 22.6. The summed E-state index contributed by atoms with van der Waals surface area (Å²) >= 11 is 0. The van der Waals surface area contributed by atoms with Crippen molar-refractivity contribution in [3.8, 4) is 0 Å². The van der Waals surface area contributed by atoms with Crippen LogP contribution in [-0.2, 0) is 21.2 Å². The van der Waals surface area contributed by atoms with Crippen molar-refractivity contribution in [2.75, 3.05) is 13.6 Å². The third-order valence-corrected chi connectivity index (χ3v) is 5.51. The highest BCUT2D eigenvalue weighted by atomic mass is 32.2. The molecule has 1 unspecified atom stereocenters. The summed E-state index contributed by atoms with van der Waals surface area (Å²) in [5.41, 5.74) is 1.10. The molecule has 0 aliphatic carbocycles. The molecule has 0 bridgehead atoms. The molecule has 7 nitrogen and oxygen atoms in total. The van der Waals surface area contributed by atoms with Gasteiger partial charge in [-0.1, -0.05) is 6.07 Å². The van der Waals surface area contributed by atoms with Crippen LogP contribution in [0.3, 0.4) is 0 Å². The summed E-state index contributed by atoms with van der Waals surface area (Å²) in [5, 5.41) is 11.6. The van der Waals surface area contributed by atoms with E-state index in [0.717, 1.165) is 9.87 Å². The molecule has 114 valence electrons. The lowest BCUT2D eigenvalue weighted by atomic mass is 10.0. The molecule has 1 aromatic carbocycles. The molecule has 1 aliphatic rings. The Bertz CT molecular complexity index is 699. The summed E-state index contributed by atoms with van der Waals surface area (Å²) in [5.74, 6) is -1.56. The molecule has 1 amide bonds. The van der Waals surface area contributed by atoms with Crippen LogP contribution in [0.5, 0.6) is 0 Å². The third kappa shape index (κ3) is 2.77. The maximum atomic E-state index is 12.4. The van der Waals surface area contributed by atoms with Crippen molar-refractivity contribution in [2.24, 2.45) is 0 Å². The number of amides is 1. The van der Waals surface area contributed by atoms with Crippen LogP contribution in [0.1, 0.15) is 22.8 Å². The Morgan fingerprint density at radius 3 is 2.71 bits per heavy atom. The van der Waals surface area contributed by atoms with Gasteiger partial charge in [-0.15, -0.1) is 0 Å². The number of fused-ring (bicyclic) bond motifs is 1. The van der Waals surface area contributed by atoms with E-state index in [4.69, 9.17) is 5.11 Å². The summed E-state index contributed by atoms with van der Waals surface area (Å²) in [7, 11) is -2.77. The third-order valence-electron chi connectivity index (χ3n) is 3.59. The van der Waals surface area contributed by atoms with Crippen molar-refractivity contribution < 1.29 is 23.1 Å². The fourth-order valence-corrected chi connectivity index (χ4v) is 3.43. The first-order valence-corrected chi connectivity index (χ1v) is 7.81. The largest absolute Gasteiger partial charge is 0.480 e. The van der Waals surface area contributed by atoms with Crippen LogP contribution in [0.15, 0.2) is 23.1 Å². The van der Waals surface area contributed by atoms with Gasteiger partial charge >= 0.3 is 5.97 Å². The quantitative estimate of drug-likeness (QED) is 0.818. The molecular formula is C13H16N2O5S. The second kappa shape index (κ2) is 5.45. The lowest BCUT2D eigenvalue weighted by molar-refractivity contribution is -0.140. The lowest BCUT2D eigenvalue weighted by Crippen LogP contribution is -2.40. The second-order valence-electron chi connectivity index (χ2n) is 4.86. The van der Waals surface area contributed by atoms with Gasteiger partial charge in [-0.05, 0) is 31.0 Å². The number of aliphatic carboxylic acids is 1. The molecule has 1 aromatic rings. The molecule has 0 radical (unpaired) electrons. The van der Waals surface area contributed by atoms with E-state index in [1.54, 1.807) is 6.07 Å². The Morgan fingerprint density at radius 2 is 2.10 bits per heavy atom. The number of nitrogens with one attached hydrogen (secondary N) is 1. The van der Waals surface area contributed by atoms with E-state index >= 15 is 0 Å². The molecule has 0 saturated heterocycles. The van der Waals surface area contributed by atoms with Crippen LogP contribution in [0.25, 0.3) is 0 Å². The van der Waals surface area contributed by atoms with E-state index in [-0.39, 0.29) is 10.8 Å². The summed E-state index contributed by atoms with van der Waals surface area (Å²) < 4.78 is 25.6. The van der Waals surface area contributed by atoms with E-state index in [9.17, 15) is 18.0 Å². The number of sulfonamides is 1. The van der Waals surface area contributed by atoms with Crippen molar-refractivity contribution in [1.82, 2.24) is 9.62 Å². The van der Waals surface area contributed by atoms with E-state index in [0.29, 0.717) is 18.5 Å². The van der Waals surface area contributed by atoms with Crippen LogP contribution >= 0.6 is 0 Å². The lowest BCUT2D eigenvalue weighted by Gasteiger charge is -2.22. The van der Waals surface area contributed by atoms with Gasteiger partial charge in [-0.3, -0.25) is 9.59 Å². The number of hydrogen-bond donors (Lipinski definition) is 2. The maximum absolute atomic E-state index is 12.4. The minimum Gasteiger partial charge on any atom is -0.480 e. The second-order valence-corrected chi connectivity index (χ2v) is 6.86. The molecule has 0 fully saturated rings. The van der Waals surface area contributed by atoms with Crippen LogP contribution in [0.2, 0.25) is 0 Å². The van der Waals surface area contributed by atoms with E-state index in [2.05, 4.69) is 5.32 Å². The van der Waals surface area contributed by atoms with Crippen molar-refractivity contribution in [2.45, 2.75) is 24.3 Å². The topological polar surface area (TPSA) is 104 Å². The molecule has 8 heteroatoms. The van der Waals surface area contributed by atoms with Gasteiger partial charge in [0.2, 0.25) is 10.0 Å². The van der Waals surface area contributed by atoms with Gasteiger partial charge in [0.25, 0.3) is 5.91 Å². The van der Waals surface area contributed by atoms with Gasteiger partial charge in [0.1, 0.15) is 6.04 Å². The smallest absolute Gasteiger partial charge is 0.321 e. The van der Waals surface area contributed by atoms with Gasteiger partial charge in [0.05, 0.1) is 4.90 Å². The average Bonchev–Trinajstić information content (AvgIpc) is 2.45. The monoisotopic (exact) mass is 312 g/mol. The highest BCUT2D eigenvalue weighted by Crippen LogP contribution is 2.22. The standard InChI is InChI=1S/C13H16N2O5S/c1-8(13(17)18)15(2)21(19,20)10-4-3-9-5-6-14-12(16)11(9)7-10/h3-4,7-8H,5-6H2,1-2H3,(H,14,16)(H,17,18). The number of benzene rings is 1. The van der Waals surface area contributed by atoms with Gasteiger partial charge in [-0.2, -0.15) is 4.31 Å². The summed E-state index contributed by atoms with van der Waals surface area (Å²) in [6.45, 7) is 1.80. The first kappa shape index (κ1) is 15.5. The molecule has 1 heterocycles. The number of nitrogens with zero attached hydrogens (tertiary/aromatic N) is 1. The predicted molar refractivity (Wildman–Crippen MR) is 74.5 cm³/mol. The van der Waals surface area contributed by atoms with E-state index < -0.39 is 22.0 Å². The average molecular weight is 312 g/mol. The molecule has 0 saturated carbocycles. The number of hydrogen-bond acceptors (Lipinski definition) is 4. The van der Waals surface area contributed by atoms with Crippen LogP contribution in [0, 0.1) is 0 Å². The molecule has 2 N–H and O–H groups in total. The number of carboxylic acid groups (broad SMARTS) is 1. The predicted octanol–water partition coefficient (Wildman–Crippen LogP) is 0.0661. The molecule has 0 aromatic heterocycles. The van der Waals surface area contributed by atoms with Crippen LogP contribution < -0.4 is 5.32 Å². The fourth-order valence-electron chi connectivity index (χ4n) is 2.08. The summed E-state index contributed by atoms with van der Waals surface area (Å²) in [6.07, 6.45) is 0.642. The number of rotatable bonds is 4. The van der Waals surface area contributed by atoms with Crippen molar-refractivity contribution in [1.29, 1.82) is 0 Å². The molecule has 1 atom stereocenters. The number of carbonyl (C=O) groups excluding carboxylic acids is 1. The van der Waals surface area contributed by atoms with Gasteiger partial charge in [0.15, 0.2) is 0 Å². The SMILES string of the molecule is CC(C(=O)O)N(C)S(=O)(=O)c1ccc2c(c1)C(=O)NCC2. The van der Waals surface area contributed by atoms with Crippen molar-refractivity contribution in [3.05, 3.63) is 29.3 Å². The van der Waals surface area contributed by atoms with E-state index in [1.165, 1.54) is 26.1 Å². The molecular weight excluding hydrogens is 296 g/mol. The minimum atomic E-state index is -3.97.